The Kier molecular flexibility index (Phi) is 3.55. The lowest BCUT2D eigenvalue weighted by atomic mass is 10.1. The molecule has 1 saturated carbocycles. The van der Waals surface area contributed by atoms with Crippen molar-refractivity contribution in [2.24, 2.45) is 5.92 Å². The average molecular weight is 248 g/mol. The quantitative estimate of drug-likeness (QED) is 0.870. The Labute approximate surface area is 108 Å². The molecule has 1 aromatic rings. The molecule has 4 nitrogen and oxygen atoms in total. The largest absolute Gasteiger partial charge is 0.478 e. The average Bonchev–Trinajstić information content (AvgIpc) is 3.08. The smallest absolute Gasteiger partial charge is 0.339 e. The Morgan fingerprint density at radius 2 is 2.22 bits per heavy atom. The number of anilines is 1. The minimum absolute atomic E-state index is 0.352. The first-order chi connectivity index (χ1) is 8.50. The maximum Gasteiger partial charge on any atom is 0.339 e. The van der Waals surface area contributed by atoms with Crippen LogP contribution < -0.4 is 4.90 Å². The molecule has 0 aliphatic heterocycles. The van der Waals surface area contributed by atoms with Crippen molar-refractivity contribution in [2.45, 2.75) is 39.7 Å². The van der Waals surface area contributed by atoms with Gasteiger partial charge in [-0.2, -0.15) is 0 Å². The van der Waals surface area contributed by atoms with Gasteiger partial charge in [-0.1, -0.05) is 13.8 Å². The molecule has 18 heavy (non-hydrogen) atoms. The molecule has 2 rings (SSSR count). The van der Waals surface area contributed by atoms with Gasteiger partial charge in [-0.25, -0.2) is 9.78 Å². The molecule has 0 amide bonds. The van der Waals surface area contributed by atoms with Gasteiger partial charge in [-0.3, -0.25) is 0 Å². The molecule has 0 atom stereocenters. The molecular weight excluding hydrogens is 228 g/mol. The number of aromatic carboxylic acids is 1. The second kappa shape index (κ2) is 4.96. The molecular formula is C14H20N2O2. The van der Waals surface area contributed by atoms with E-state index in [4.69, 9.17) is 0 Å². The van der Waals surface area contributed by atoms with Crippen molar-refractivity contribution in [3.05, 3.63) is 23.4 Å². The molecule has 1 aliphatic carbocycles. The van der Waals surface area contributed by atoms with E-state index in [1.165, 1.54) is 0 Å². The second-order valence-corrected chi connectivity index (χ2v) is 5.41. The minimum atomic E-state index is -0.884. The molecule has 1 N–H and O–H groups in total. The molecule has 0 bridgehead atoms. The van der Waals surface area contributed by atoms with Crippen LogP contribution in [0.25, 0.3) is 0 Å². The zero-order valence-corrected chi connectivity index (χ0v) is 11.2. The van der Waals surface area contributed by atoms with Crippen molar-refractivity contribution in [1.29, 1.82) is 0 Å². The van der Waals surface area contributed by atoms with E-state index < -0.39 is 5.97 Å². The summed E-state index contributed by atoms with van der Waals surface area (Å²) in [5, 5.41) is 9.37. The summed E-state index contributed by atoms with van der Waals surface area (Å²) in [6.07, 6.45) is 3.98. The van der Waals surface area contributed by atoms with Crippen LogP contribution in [0.4, 0.5) is 5.82 Å². The van der Waals surface area contributed by atoms with Crippen LogP contribution in [0.5, 0.6) is 0 Å². The topological polar surface area (TPSA) is 53.4 Å². The van der Waals surface area contributed by atoms with Crippen LogP contribution >= 0.6 is 0 Å². The monoisotopic (exact) mass is 248 g/mol. The third-order valence-electron chi connectivity index (χ3n) is 3.17. The Bertz CT molecular complexity index is 453. The predicted octanol–water partition coefficient (Wildman–Crippen LogP) is 2.71. The molecule has 1 fully saturated rings. The highest BCUT2D eigenvalue weighted by Crippen LogP contribution is 2.33. The Morgan fingerprint density at radius 1 is 1.56 bits per heavy atom. The van der Waals surface area contributed by atoms with Gasteiger partial charge in [0.2, 0.25) is 0 Å². The summed E-state index contributed by atoms with van der Waals surface area (Å²) < 4.78 is 0. The van der Waals surface area contributed by atoms with E-state index in [9.17, 15) is 9.90 Å². The Hall–Kier alpha value is -1.58. The number of rotatable bonds is 5. The van der Waals surface area contributed by atoms with E-state index in [2.05, 4.69) is 23.7 Å². The zero-order chi connectivity index (χ0) is 13.3. The molecule has 1 heterocycles. The normalized spacial score (nSPS) is 14.9. The van der Waals surface area contributed by atoms with Crippen LogP contribution in [0.15, 0.2) is 12.3 Å². The molecule has 0 radical (unpaired) electrons. The van der Waals surface area contributed by atoms with Crippen molar-refractivity contribution in [1.82, 2.24) is 4.98 Å². The number of carboxylic acid groups (broad SMARTS) is 1. The number of hydrogen-bond acceptors (Lipinski definition) is 3. The molecule has 4 heteroatoms. The summed E-state index contributed by atoms with van der Waals surface area (Å²) in [6, 6.07) is 2.23. The number of carboxylic acids is 1. The highest BCUT2D eigenvalue weighted by Gasteiger charge is 2.33. The van der Waals surface area contributed by atoms with Gasteiger partial charge in [0, 0.05) is 18.8 Å². The van der Waals surface area contributed by atoms with E-state index in [1.54, 1.807) is 12.3 Å². The minimum Gasteiger partial charge on any atom is -0.478 e. The van der Waals surface area contributed by atoms with Crippen LogP contribution in [0.3, 0.4) is 0 Å². The number of nitrogens with zero attached hydrogens (tertiary/aromatic N) is 2. The molecule has 0 aromatic carbocycles. The van der Waals surface area contributed by atoms with E-state index in [0.29, 0.717) is 23.3 Å². The summed E-state index contributed by atoms with van der Waals surface area (Å²) in [7, 11) is 0. The van der Waals surface area contributed by atoms with Gasteiger partial charge in [0.15, 0.2) is 0 Å². The van der Waals surface area contributed by atoms with Crippen LogP contribution in [-0.2, 0) is 0 Å². The van der Waals surface area contributed by atoms with Crippen LogP contribution in [0.2, 0.25) is 0 Å². The van der Waals surface area contributed by atoms with Gasteiger partial charge >= 0.3 is 5.97 Å². The number of pyridine rings is 1. The number of aromatic nitrogens is 1. The van der Waals surface area contributed by atoms with Gasteiger partial charge < -0.3 is 10.0 Å². The van der Waals surface area contributed by atoms with Crippen molar-refractivity contribution < 1.29 is 9.90 Å². The molecule has 98 valence electrons. The lowest BCUT2D eigenvalue weighted by Gasteiger charge is -2.27. The van der Waals surface area contributed by atoms with E-state index in [1.807, 2.05) is 6.92 Å². The fourth-order valence-electron chi connectivity index (χ4n) is 2.21. The molecule has 0 unspecified atom stereocenters. The first kappa shape index (κ1) is 12.9. The van der Waals surface area contributed by atoms with Gasteiger partial charge in [0.1, 0.15) is 11.4 Å². The fourth-order valence-corrected chi connectivity index (χ4v) is 2.21. The first-order valence-corrected chi connectivity index (χ1v) is 6.46. The summed E-state index contributed by atoms with van der Waals surface area (Å²) in [5.41, 5.74) is 1.13. The van der Waals surface area contributed by atoms with Gasteiger partial charge in [0.05, 0.1) is 0 Å². The van der Waals surface area contributed by atoms with Crippen LogP contribution in [-0.4, -0.2) is 28.6 Å². The lowest BCUT2D eigenvalue weighted by Crippen LogP contribution is -2.32. The summed E-state index contributed by atoms with van der Waals surface area (Å²) in [6.45, 7) is 6.98. The molecule has 0 spiro atoms. The molecule has 1 aliphatic rings. The lowest BCUT2D eigenvalue weighted by molar-refractivity contribution is 0.0696. The third-order valence-corrected chi connectivity index (χ3v) is 3.17. The number of carbonyl (C=O) groups is 1. The van der Waals surface area contributed by atoms with Crippen LogP contribution in [0.1, 0.15) is 42.6 Å². The van der Waals surface area contributed by atoms with Crippen molar-refractivity contribution in [3.63, 3.8) is 0 Å². The highest BCUT2D eigenvalue weighted by atomic mass is 16.4. The molecule has 0 saturated heterocycles. The fraction of sp³-hybridized carbons (Fsp3) is 0.571. The van der Waals surface area contributed by atoms with Crippen LogP contribution in [0, 0.1) is 12.8 Å². The Morgan fingerprint density at radius 3 is 2.72 bits per heavy atom. The third kappa shape index (κ3) is 2.63. The summed E-state index contributed by atoms with van der Waals surface area (Å²) >= 11 is 0. The maximum absolute atomic E-state index is 11.4. The summed E-state index contributed by atoms with van der Waals surface area (Å²) in [4.78, 5) is 17.9. The van der Waals surface area contributed by atoms with Crippen molar-refractivity contribution in [3.8, 4) is 0 Å². The van der Waals surface area contributed by atoms with Crippen molar-refractivity contribution >= 4 is 11.8 Å². The standard InChI is InChI=1S/C14H20N2O2/c1-9(2)8-16(11-4-5-11)13-12(14(17)18)10(3)6-7-15-13/h6-7,9,11H,4-5,8H2,1-3H3,(H,17,18). The van der Waals surface area contributed by atoms with E-state index in [-0.39, 0.29) is 0 Å². The summed E-state index contributed by atoms with van der Waals surface area (Å²) in [5.74, 6) is 0.248. The Balaban J connectivity index is 2.40. The number of hydrogen-bond donors (Lipinski definition) is 1. The van der Waals surface area contributed by atoms with E-state index in [0.717, 1.165) is 24.9 Å². The van der Waals surface area contributed by atoms with Gasteiger partial charge in [-0.05, 0) is 37.3 Å². The zero-order valence-electron chi connectivity index (χ0n) is 11.2. The second-order valence-electron chi connectivity index (χ2n) is 5.41. The SMILES string of the molecule is Cc1ccnc(N(CC(C)C)C2CC2)c1C(=O)O. The van der Waals surface area contributed by atoms with E-state index >= 15 is 0 Å². The predicted molar refractivity (Wildman–Crippen MR) is 71.1 cm³/mol. The van der Waals surface area contributed by atoms with Crippen molar-refractivity contribution in [2.75, 3.05) is 11.4 Å². The first-order valence-electron chi connectivity index (χ1n) is 6.46. The molecule has 1 aromatic heterocycles. The van der Waals surface area contributed by atoms with Gasteiger partial charge in [0.25, 0.3) is 0 Å². The maximum atomic E-state index is 11.4. The van der Waals surface area contributed by atoms with Gasteiger partial charge in [-0.15, -0.1) is 0 Å². The highest BCUT2D eigenvalue weighted by molar-refractivity contribution is 5.95. The number of aryl methyl sites for hydroxylation is 1.